The fourth-order valence-electron chi connectivity index (χ4n) is 3.91. The Balaban J connectivity index is 0.000000230. The second-order valence-corrected chi connectivity index (χ2v) is 9.15. The molecule has 0 radical (unpaired) electrons. The first-order valence-corrected chi connectivity index (χ1v) is 11.1. The third-order valence-corrected chi connectivity index (χ3v) is 6.33. The van der Waals surface area contributed by atoms with Gasteiger partial charge in [-0.25, -0.2) is 14.6 Å². The van der Waals surface area contributed by atoms with E-state index in [0.717, 1.165) is 24.5 Å². The van der Waals surface area contributed by atoms with Crippen molar-refractivity contribution in [2.24, 2.45) is 5.92 Å². The number of carboxylic acid groups (broad SMARTS) is 2. The maximum Gasteiger partial charge on any atom is 0.490 e. The van der Waals surface area contributed by atoms with Gasteiger partial charge < -0.3 is 10.2 Å². The fraction of sp³-hybridized carbons (Fsp3) is 0.737. The molecular formula is C19H25F6N3O4S. The maximum atomic E-state index is 10.6. The number of carbonyl (C=O) groups is 2. The second-order valence-electron chi connectivity index (χ2n) is 8.08. The summed E-state index contributed by atoms with van der Waals surface area (Å²) in [5, 5.41) is 17.7. The number of thiazole rings is 1. The highest BCUT2D eigenvalue weighted by Crippen LogP contribution is 2.37. The van der Waals surface area contributed by atoms with E-state index in [1.54, 1.807) is 11.3 Å². The number of fused-ring (bicyclic) bond motifs is 1. The third-order valence-electron chi connectivity index (χ3n) is 5.51. The Morgan fingerprint density at radius 2 is 1.42 bits per heavy atom. The van der Waals surface area contributed by atoms with E-state index in [9.17, 15) is 26.3 Å². The van der Waals surface area contributed by atoms with Gasteiger partial charge in [-0.15, -0.1) is 11.3 Å². The van der Waals surface area contributed by atoms with Crippen molar-refractivity contribution in [1.29, 1.82) is 0 Å². The van der Waals surface area contributed by atoms with E-state index in [0.29, 0.717) is 0 Å². The molecule has 2 saturated heterocycles. The molecule has 0 aromatic carbocycles. The molecule has 188 valence electrons. The molecule has 0 bridgehead atoms. The first-order valence-electron chi connectivity index (χ1n) is 10.2. The quantitative estimate of drug-likeness (QED) is 0.602. The molecule has 0 spiro atoms. The van der Waals surface area contributed by atoms with Crippen LogP contribution in [0.2, 0.25) is 0 Å². The van der Waals surface area contributed by atoms with Gasteiger partial charge in [0.05, 0.1) is 10.7 Å². The van der Waals surface area contributed by atoms with Crippen LogP contribution >= 0.6 is 11.3 Å². The summed E-state index contributed by atoms with van der Waals surface area (Å²) < 4.78 is 63.5. The van der Waals surface area contributed by atoms with E-state index >= 15 is 0 Å². The molecule has 7 nitrogen and oxygen atoms in total. The summed E-state index contributed by atoms with van der Waals surface area (Å²) in [5.74, 6) is -4.48. The van der Waals surface area contributed by atoms with E-state index in [1.165, 1.54) is 56.0 Å². The first-order chi connectivity index (χ1) is 15.2. The van der Waals surface area contributed by atoms with Crippen LogP contribution in [0.25, 0.3) is 0 Å². The minimum atomic E-state index is -5.08. The highest BCUT2D eigenvalue weighted by molar-refractivity contribution is 7.09. The molecule has 3 aliphatic rings. The summed E-state index contributed by atoms with van der Waals surface area (Å²) in [6, 6.07) is 1.65. The van der Waals surface area contributed by atoms with Crippen molar-refractivity contribution >= 4 is 23.3 Å². The molecule has 3 fully saturated rings. The van der Waals surface area contributed by atoms with Crippen molar-refractivity contribution in [2.45, 2.75) is 63.6 Å². The molecule has 33 heavy (non-hydrogen) atoms. The van der Waals surface area contributed by atoms with Gasteiger partial charge in [0.2, 0.25) is 0 Å². The molecule has 1 aromatic rings. The monoisotopic (exact) mass is 505 g/mol. The lowest BCUT2D eigenvalue weighted by Gasteiger charge is -2.25. The van der Waals surface area contributed by atoms with E-state index in [2.05, 4.69) is 27.1 Å². The van der Waals surface area contributed by atoms with E-state index in [4.69, 9.17) is 19.8 Å². The Hall–Kier alpha value is -1.93. The molecule has 3 heterocycles. The van der Waals surface area contributed by atoms with Crippen molar-refractivity contribution in [3.05, 3.63) is 16.1 Å². The molecule has 2 N–H and O–H groups in total. The number of nitrogens with zero attached hydrogens (tertiary/aromatic N) is 3. The average Bonchev–Trinajstić information content (AvgIpc) is 3.06. The van der Waals surface area contributed by atoms with Crippen LogP contribution in [0.1, 0.15) is 36.4 Å². The van der Waals surface area contributed by atoms with E-state index < -0.39 is 24.3 Å². The summed E-state index contributed by atoms with van der Waals surface area (Å²) in [6.45, 7) is 7.16. The van der Waals surface area contributed by atoms with E-state index in [1.807, 2.05) is 0 Å². The summed E-state index contributed by atoms with van der Waals surface area (Å²) >= 11 is 1.78. The highest BCUT2D eigenvalue weighted by atomic mass is 32.1. The molecule has 1 aromatic heterocycles. The number of likely N-dealkylation sites (tertiary alicyclic amines) is 2. The fourth-order valence-corrected chi connectivity index (χ4v) is 4.51. The molecule has 1 aliphatic carbocycles. The van der Waals surface area contributed by atoms with Crippen LogP contribution in [0, 0.1) is 12.8 Å². The lowest BCUT2D eigenvalue weighted by molar-refractivity contribution is -0.193. The van der Waals surface area contributed by atoms with Crippen molar-refractivity contribution in [3.63, 3.8) is 0 Å². The lowest BCUT2D eigenvalue weighted by Crippen LogP contribution is -2.37. The van der Waals surface area contributed by atoms with Gasteiger partial charge in [0, 0.05) is 43.6 Å². The van der Waals surface area contributed by atoms with Gasteiger partial charge in [0.1, 0.15) is 0 Å². The standard InChI is InChI=1S/C15H23N3S.2C2HF3O2/c1-11-16-13(10-19-11)9-18-7-5-14-15(18)4-6-17(14)8-12-2-3-12;2*3-2(4,5)1(6)7/h10,12,14-15H,2-9H2,1H3;2*(H,6,7). The van der Waals surface area contributed by atoms with Gasteiger partial charge in [-0.1, -0.05) is 0 Å². The van der Waals surface area contributed by atoms with Crippen LogP contribution in [0.5, 0.6) is 0 Å². The molecule has 2 aliphatic heterocycles. The highest BCUT2D eigenvalue weighted by Gasteiger charge is 2.43. The van der Waals surface area contributed by atoms with Gasteiger partial charge in [-0.05, 0) is 38.5 Å². The summed E-state index contributed by atoms with van der Waals surface area (Å²) in [5.41, 5.74) is 1.28. The van der Waals surface area contributed by atoms with Crippen molar-refractivity contribution in [2.75, 3.05) is 19.6 Å². The number of rotatable bonds is 4. The zero-order valence-corrected chi connectivity index (χ0v) is 18.5. The lowest BCUT2D eigenvalue weighted by atomic mass is 10.1. The second kappa shape index (κ2) is 11.0. The Kier molecular flexibility index (Phi) is 9.10. The van der Waals surface area contributed by atoms with Gasteiger partial charge in [0.25, 0.3) is 0 Å². The van der Waals surface area contributed by atoms with E-state index in [-0.39, 0.29) is 0 Å². The summed E-state index contributed by atoms with van der Waals surface area (Å²) in [7, 11) is 0. The Bertz CT molecular complexity index is 788. The van der Waals surface area contributed by atoms with Crippen LogP contribution < -0.4 is 0 Å². The summed E-state index contributed by atoms with van der Waals surface area (Å²) in [4.78, 5) is 27.9. The molecule has 14 heteroatoms. The van der Waals surface area contributed by atoms with Crippen LogP contribution in [0.15, 0.2) is 5.38 Å². The topological polar surface area (TPSA) is 94.0 Å². The first kappa shape index (κ1) is 27.3. The predicted molar refractivity (Wildman–Crippen MR) is 106 cm³/mol. The van der Waals surface area contributed by atoms with Crippen LogP contribution in [0.3, 0.4) is 0 Å². The van der Waals surface area contributed by atoms with Crippen LogP contribution in [-0.2, 0) is 16.1 Å². The average molecular weight is 505 g/mol. The number of aryl methyl sites for hydroxylation is 1. The van der Waals surface area contributed by atoms with Crippen molar-refractivity contribution in [1.82, 2.24) is 14.8 Å². The maximum absolute atomic E-state index is 10.6. The zero-order valence-electron chi connectivity index (χ0n) is 17.7. The normalized spacial score (nSPS) is 23.2. The van der Waals surface area contributed by atoms with Crippen molar-refractivity contribution < 1.29 is 46.1 Å². The number of hydrogen-bond donors (Lipinski definition) is 2. The van der Waals surface area contributed by atoms with Crippen molar-refractivity contribution in [3.8, 4) is 0 Å². The minimum Gasteiger partial charge on any atom is -0.475 e. The number of carboxylic acids is 2. The number of alkyl halides is 6. The van der Waals surface area contributed by atoms with Gasteiger partial charge in [-0.2, -0.15) is 26.3 Å². The largest absolute Gasteiger partial charge is 0.490 e. The zero-order chi connectivity index (χ0) is 25.0. The predicted octanol–water partition coefficient (Wildman–Crippen LogP) is 3.78. The number of halogens is 6. The Morgan fingerprint density at radius 3 is 1.82 bits per heavy atom. The Morgan fingerprint density at radius 1 is 0.970 bits per heavy atom. The molecule has 0 amide bonds. The third kappa shape index (κ3) is 8.74. The number of aromatic nitrogens is 1. The van der Waals surface area contributed by atoms with Gasteiger partial charge in [-0.3, -0.25) is 9.80 Å². The minimum absolute atomic E-state index is 0.806. The number of aliphatic carboxylic acids is 2. The number of hydrogen-bond acceptors (Lipinski definition) is 6. The molecule has 2 unspecified atom stereocenters. The van der Waals surface area contributed by atoms with Gasteiger partial charge >= 0.3 is 24.3 Å². The SMILES string of the molecule is Cc1nc(CN2CCC3C2CCN3CC2CC2)cs1.O=C(O)C(F)(F)F.O=C(O)C(F)(F)F. The molecule has 1 saturated carbocycles. The smallest absolute Gasteiger partial charge is 0.475 e. The molecular weight excluding hydrogens is 480 g/mol. The van der Waals surface area contributed by atoms with Crippen LogP contribution in [-0.4, -0.2) is 81.0 Å². The summed E-state index contributed by atoms with van der Waals surface area (Å²) in [6.07, 6.45) is -4.45. The Labute approximate surface area is 190 Å². The molecule has 4 rings (SSSR count). The van der Waals surface area contributed by atoms with Gasteiger partial charge in [0.15, 0.2) is 0 Å². The molecule has 2 atom stereocenters. The van der Waals surface area contributed by atoms with Crippen LogP contribution in [0.4, 0.5) is 26.3 Å².